The maximum atomic E-state index is 6.00. The highest BCUT2D eigenvalue weighted by Crippen LogP contribution is 2.24. The Bertz CT molecular complexity index is 1050. The summed E-state index contributed by atoms with van der Waals surface area (Å²) in [4.78, 5) is 2.52. The molecule has 32 heavy (non-hydrogen) atoms. The monoisotopic (exact) mass is 436 g/mol. The Kier molecular flexibility index (Phi) is 6.04. The third kappa shape index (κ3) is 5.23. The van der Waals surface area contributed by atoms with Gasteiger partial charge in [0.1, 0.15) is 18.5 Å². The Morgan fingerprint density at radius 3 is 3.06 bits per heavy atom. The van der Waals surface area contributed by atoms with Crippen molar-refractivity contribution in [2.75, 3.05) is 31.6 Å². The van der Waals surface area contributed by atoms with E-state index in [4.69, 9.17) is 14.2 Å². The molecule has 2 N–H and O–H groups in total. The van der Waals surface area contributed by atoms with Crippen LogP contribution >= 0.6 is 0 Å². The molecule has 2 aliphatic rings. The smallest absolute Gasteiger partial charge is 0.163 e. The van der Waals surface area contributed by atoms with Crippen molar-refractivity contribution in [3.05, 3.63) is 54.2 Å². The molecule has 0 bridgehead atoms. The zero-order chi connectivity index (χ0) is 22.0. The molecule has 2 atom stereocenters. The van der Waals surface area contributed by atoms with Gasteiger partial charge in [0.2, 0.25) is 0 Å². The van der Waals surface area contributed by atoms with Crippen LogP contribution in [0.4, 0.5) is 5.69 Å². The lowest BCUT2D eigenvalue weighted by Gasteiger charge is -2.33. The van der Waals surface area contributed by atoms with Gasteiger partial charge in [-0.25, -0.2) is 0 Å². The average Bonchev–Trinajstić information content (AvgIpc) is 3.38. The molecule has 2 unspecified atom stereocenters. The number of nitrogens with zero attached hydrogens (tertiary/aromatic N) is 2. The van der Waals surface area contributed by atoms with E-state index in [2.05, 4.69) is 56.8 Å². The highest BCUT2D eigenvalue weighted by molar-refractivity contribution is 5.81. The summed E-state index contributed by atoms with van der Waals surface area (Å²) in [7, 11) is 0. The molecule has 0 amide bonds. The predicted octanol–water partition coefficient (Wildman–Crippen LogP) is 4.17. The summed E-state index contributed by atoms with van der Waals surface area (Å²) in [5, 5.41) is 12.0. The summed E-state index contributed by atoms with van der Waals surface area (Å²) in [5.74, 6) is 0.370. The van der Waals surface area contributed by atoms with Crippen molar-refractivity contribution in [2.45, 2.75) is 51.2 Å². The first-order valence-corrected chi connectivity index (χ1v) is 11.5. The van der Waals surface area contributed by atoms with E-state index in [-0.39, 0.29) is 6.10 Å². The summed E-state index contributed by atoms with van der Waals surface area (Å²) in [6.45, 7) is 8.01. The molecule has 0 saturated carbocycles. The van der Waals surface area contributed by atoms with Crippen molar-refractivity contribution < 1.29 is 14.2 Å². The van der Waals surface area contributed by atoms with Crippen molar-refractivity contribution in [3.63, 3.8) is 0 Å². The average molecular weight is 437 g/mol. The molecule has 3 aromatic rings. The molecule has 7 heteroatoms. The van der Waals surface area contributed by atoms with Crippen LogP contribution < -0.4 is 10.1 Å². The van der Waals surface area contributed by atoms with Crippen LogP contribution in [0.25, 0.3) is 10.9 Å². The topological polar surface area (TPSA) is 71.6 Å². The fraction of sp³-hybridized carbons (Fsp3) is 0.480. The molecular formula is C25H32N4O3. The number of piperidine rings is 1. The van der Waals surface area contributed by atoms with Crippen LogP contribution in [0.3, 0.4) is 0 Å². The number of hydrogen-bond acceptors (Lipinski definition) is 6. The minimum atomic E-state index is -0.515. The molecule has 2 saturated heterocycles. The highest BCUT2D eigenvalue weighted by atomic mass is 16.7. The van der Waals surface area contributed by atoms with Crippen molar-refractivity contribution in [2.24, 2.45) is 0 Å². The molecule has 2 fully saturated rings. The molecular weight excluding hydrogens is 404 g/mol. The third-order valence-corrected chi connectivity index (χ3v) is 6.12. The Hall–Kier alpha value is -2.61. The molecule has 2 aromatic carbocycles. The number of rotatable bonds is 7. The number of H-pyrrole nitrogens is 1. The molecule has 3 heterocycles. The number of benzene rings is 2. The number of ether oxygens (including phenoxy) is 3. The van der Waals surface area contributed by atoms with E-state index in [9.17, 15) is 0 Å². The number of likely N-dealkylation sites (tertiary alicyclic amines) is 1. The Morgan fingerprint density at radius 2 is 2.19 bits per heavy atom. The van der Waals surface area contributed by atoms with E-state index < -0.39 is 5.79 Å². The van der Waals surface area contributed by atoms with Crippen molar-refractivity contribution >= 4 is 16.6 Å². The van der Waals surface area contributed by atoms with Gasteiger partial charge < -0.3 is 19.5 Å². The van der Waals surface area contributed by atoms with Gasteiger partial charge in [0.15, 0.2) is 5.79 Å². The van der Waals surface area contributed by atoms with Crippen LogP contribution in [0.1, 0.15) is 32.3 Å². The van der Waals surface area contributed by atoms with Crippen LogP contribution in [-0.2, 0) is 16.0 Å². The Morgan fingerprint density at radius 1 is 1.25 bits per heavy atom. The minimum Gasteiger partial charge on any atom is -0.491 e. The van der Waals surface area contributed by atoms with Crippen LogP contribution in [0.2, 0.25) is 0 Å². The van der Waals surface area contributed by atoms with Crippen molar-refractivity contribution in [1.29, 1.82) is 0 Å². The standard InChI is InChI=1S/C25H32N4O3/c1-25(2)31-17-23(32-25)16-30-22-7-3-5-18(11-22)14-29-10-4-6-21(15-29)27-20-8-9-24-19(12-20)13-26-28-24/h3,5,7-9,11-13,21,23,27H,4,6,10,14-17H2,1-2H3,(H,26,28). The number of aromatic nitrogens is 2. The summed E-state index contributed by atoms with van der Waals surface area (Å²) in [6.07, 6.45) is 4.22. The second-order valence-electron chi connectivity index (χ2n) is 9.30. The van der Waals surface area contributed by atoms with E-state index in [0.29, 0.717) is 19.3 Å². The molecule has 7 nitrogen and oxygen atoms in total. The van der Waals surface area contributed by atoms with E-state index >= 15 is 0 Å². The number of aromatic amines is 1. The van der Waals surface area contributed by atoms with Crippen molar-refractivity contribution in [1.82, 2.24) is 15.1 Å². The van der Waals surface area contributed by atoms with Gasteiger partial charge in [0.25, 0.3) is 0 Å². The van der Waals surface area contributed by atoms with E-state index in [1.54, 1.807) is 0 Å². The fourth-order valence-corrected chi connectivity index (χ4v) is 4.61. The van der Waals surface area contributed by atoms with Crippen LogP contribution in [0.15, 0.2) is 48.7 Å². The number of anilines is 1. The minimum absolute atomic E-state index is 0.0242. The van der Waals surface area contributed by atoms with Gasteiger partial charge in [-0.2, -0.15) is 5.10 Å². The summed E-state index contributed by atoms with van der Waals surface area (Å²) in [6, 6.07) is 15.2. The van der Waals surface area contributed by atoms with E-state index in [0.717, 1.165) is 42.0 Å². The lowest BCUT2D eigenvalue weighted by molar-refractivity contribution is -0.141. The van der Waals surface area contributed by atoms with Crippen LogP contribution in [-0.4, -0.2) is 59.3 Å². The number of nitrogens with one attached hydrogen (secondary N) is 2. The summed E-state index contributed by atoms with van der Waals surface area (Å²) in [5.41, 5.74) is 3.49. The lowest BCUT2D eigenvalue weighted by atomic mass is 10.0. The second kappa shape index (κ2) is 9.10. The quantitative estimate of drug-likeness (QED) is 0.579. The first-order chi connectivity index (χ1) is 15.5. The molecule has 0 radical (unpaired) electrons. The van der Waals surface area contributed by atoms with E-state index in [1.807, 2.05) is 26.1 Å². The van der Waals surface area contributed by atoms with Crippen LogP contribution in [0.5, 0.6) is 5.75 Å². The van der Waals surface area contributed by atoms with Gasteiger partial charge in [-0.15, -0.1) is 0 Å². The zero-order valence-electron chi connectivity index (χ0n) is 18.8. The summed E-state index contributed by atoms with van der Waals surface area (Å²) < 4.78 is 17.4. The third-order valence-electron chi connectivity index (χ3n) is 6.12. The van der Waals surface area contributed by atoms with Gasteiger partial charge in [0, 0.05) is 30.2 Å². The maximum absolute atomic E-state index is 6.00. The fourth-order valence-electron chi connectivity index (χ4n) is 4.61. The largest absolute Gasteiger partial charge is 0.491 e. The molecule has 0 spiro atoms. The van der Waals surface area contributed by atoms with Crippen LogP contribution in [0, 0.1) is 0 Å². The second-order valence-corrected chi connectivity index (χ2v) is 9.30. The van der Waals surface area contributed by atoms with Gasteiger partial charge in [-0.1, -0.05) is 12.1 Å². The predicted molar refractivity (Wildman–Crippen MR) is 125 cm³/mol. The van der Waals surface area contributed by atoms with Gasteiger partial charge >= 0.3 is 0 Å². The Balaban J connectivity index is 1.14. The lowest BCUT2D eigenvalue weighted by Crippen LogP contribution is -2.41. The molecule has 170 valence electrons. The zero-order valence-corrected chi connectivity index (χ0v) is 18.8. The molecule has 0 aliphatic carbocycles. The first-order valence-electron chi connectivity index (χ1n) is 11.5. The number of hydrogen-bond donors (Lipinski definition) is 2. The van der Waals surface area contributed by atoms with Gasteiger partial charge in [-0.3, -0.25) is 10.00 Å². The SMILES string of the molecule is CC1(C)OCC(COc2cccc(CN3CCCC(Nc4ccc5[nH]ncc5c4)C3)c2)O1. The van der Waals surface area contributed by atoms with Gasteiger partial charge in [-0.05, 0) is 69.1 Å². The normalized spacial score (nSPS) is 23.4. The van der Waals surface area contributed by atoms with Crippen molar-refractivity contribution in [3.8, 4) is 5.75 Å². The first kappa shape index (κ1) is 21.2. The number of fused-ring (bicyclic) bond motifs is 1. The Labute approximate surface area is 189 Å². The maximum Gasteiger partial charge on any atom is 0.163 e. The molecule has 5 rings (SSSR count). The molecule has 2 aliphatic heterocycles. The highest BCUT2D eigenvalue weighted by Gasteiger charge is 2.33. The van der Waals surface area contributed by atoms with E-state index in [1.165, 1.54) is 18.4 Å². The summed E-state index contributed by atoms with van der Waals surface area (Å²) >= 11 is 0. The molecule has 1 aromatic heterocycles. The van der Waals surface area contributed by atoms with Gasteiger partial charge in [0.05, 0.1) is 18.3 Å².